The van der Waals surface area contributed by atoms with Gasteiger partial charge in [0.2, 0.25) is 6.29 Å². The summed E-state index contributed by atoms with van der Waals surface area (Å²) in [7, 11) is 0. The summed E-state index contributed by atoms with van der Waals surface area (Å²) in [6.07, 6.45) is 1.88. The Morgan fingerprint density at radius 3 is 2.84 bits per heavy atom. The number of pyridine rings is 2. The zero-order valence-electron chi connectivity index (χ0n) is 19.9. The Morgan fingerprint density at radius 1 is 1.24 bits per heavy atom. The smallest absolute Gasteiger partial charge is 0.343 e. The summed E-state index contributed by atoms with van der Waals surface area (Å²) in [5.74, 6) is -0.797. The van der Waals surface area contributed by atoms with E-state index in [1.807, 2.05) is 24.3 Å². The van der Waals surface area contributed by atoms with E-state index < -0.39 is 24.0 Å². The molecule has 6 rings (SSSR count). The number of benzene rings is 1. The highest BCUT2D eigenvalue weighted by Gasteiger charge is 2.45. The standard InChI is InChI=1S/C27H24N2O8/c1-2-27(34)18-9-20-24-15(10-29(20)25(32)17(18)13-36-26(27)33)16(14-5-3-4-6-19(14)28-24)12-35-23-8-7-21(31)22(11-30)37-23/h3-9,11,21,23,30-31,34H,2,10,12-13H2,1H3/b22-11+/t21-,23-,27-/m0/s1. The molecule has 0 bridgehead atoms. The first-order valence-electron chi connectivity index (χ1n) is 11.9. The van der Waals surface area contributed by atoms with Crippen molar-refractivity contribution in [3.63, 3.8) is 0 Å². The molecule has 0 spiro atoms. The molecule has 0 aliphatic carbocycles. The molecule has 37 heavy (non-hydrogen) atoms. The Kier molecular flexibility index (Phi) is 5.41. The van der Waals surface area contributed by atoms with Gasteiger partial charge in [-0.15, -0.1) is 0 Å². The van der Waals surface area contributed by atoms with Crippen LogP contribution in [0, 0.1) is 0 Å². The number of aliphatic hydroxyl groups is 3. The van der Waals surface area contributed by atoms with Crippen LogP contribution < -0.4 is 5.56 Å². The number of nitrogens with zero attached hydrogens (tertiary/aromatic N) is 2. The summed E-state index contributed by atoms with van der Waals surface area (Å²) in [5, 5.41) is 31.1. The number of fused-ring (bicyclic) bond motifs is 5. The first-order valence-corrected chi connectivity index (χ1v) is 11.9. The molecule has 0 unspecified atom stereocenters. The van der Waals surface area contributed by atoms with Crippen LogP contribution in [-0.4, -0.2) is 43.2 Å². The first-order chi connectivity index (χ1) is 17.9. The van der Waals surface area contributed by atoms with Crippen LogP contribution in [0.4, 0.5) is 0 Å². The fraction of sp³-hybridized carbons (Fsp3) is 0.296. The van der Waals surface area contributed by atoms with Crippen molar-refractivity contribution in [1.29, 1.82) is 0 Å². The van der Waals surface area contributed by atoms with Crippen molar-refractivity contribution in [1.82, 2.24) is 9.55 Å². The van der Waals surface area contributed by atoms with E-state index in [1.165, 1.54) is 6.08 Å². The number of hydrogen-bond acceptors (Lipinski definition) is 9. The molecule has 190 valence electrons. The van der Waals surface area contributed by atoms with Crippen LogP contribution in [-0.2, 0) is 44.4 Å². The summed E-state index contributed by atoms with van der Waals surface area (Å²) in [6.45, 7) is 1.79. The number of para-hydroxylation sites is 1. The zero-order valence-corrected chi connectivity index (χ0v) is 19.9. The van der Waals surface area contributed by atoms with Crippen LogP contribution in [0.25, 0.3) is 22.3 Å². The number of aliphatic hydroxyl groups excluding tert-OH is 2. The number of cyclic esters (lactones) is 1. The number of hydrogen-bond donors (Lipinski definition) is 3. The molecule has 0 saturated carbocycles. The van der Waals surface area contributed by atoms with Crippen LogP contribution >= 0.6 is 0 Å². The lowest BCUT2D eigenvalue weighted by molar-refractivity contribution is -0.172. The molecule has 3 atom stereocenters. The lowest BCUT2D eigenvalue weighted by Crippen LogP contribution is -2.44. The third kappa shape index (κ3) is 3.48. The minimum Gasteiger partial charge on any atom is -0.512 e. The molecule has 10 heteroatoms. The molecule has 0 saturated heterocycles. The van der Waals surface area contributed by atoms with E-state index in [0.29, 0.717) is 23.2 Å². The Bertz CT molecular complexity index is 1570. The summed E-state index contributed by atoms with van der Waals surface area (Å²) in [4.78, 5) is 30.8. The molecule has 3 aromatic rings. The van der Waals surface area contributed by atoms with E-state index in [1.54, 1.807) is 23.6 Å². The van der Waals surface area contributed by atoms with E-state index in [0.717, 1.165) is 16.5 Å². The van der Waals surface area contributed by atoms with Crippen molar-refractivity contribution >= 4 is 16.9 Å². The van der Waals surface area contributed by atoms with E-state index in [4.69, 9.17) is 19.2 Å². The van der Waals surface area contributed by atoms with Crippen molar-refractivity contribution in [2.24, 2.45) is 0 Å². The molecule has 3 aliphatic heterocycles. The van der Waals surface area contributed by atoms with Gasteiger partial charge in [0.1, 0.15) is 19.0 Å². The fourth-order valence-electron chi connectivity index (χ4n) is 5.17. The Balaban J connectivity index is 1.47. The second kappa shape index (κ2) is 8.55. The van der Waals surface area contributed by atoms with Gasteiger partial charge < -0.3 is 34.1 Å². The number of rotatable bonds is 4. The van der Waals surface area contributed by atoms with Gasteiger partial charge in [-0.25, -0.2) is 9.78 Å². The van der Waals surface area contributed by atoms with Crippen molar-refractivity contribution < 1.29 is 34.3 Å². The molecule has 2 aromatic heterocycles. The van der Waals surface area contributed by atoms with Gasteiger partial charge in [0.05, 0.1) is 35.6 Å². The highest BCUT2D eigenvalue weighted by atomic mass is 16.7. The number of carbonyl (C=O) groups excluding carboxylic acids is 1. The Labute approximate surface area is 210 Å². The van der Waals surface area contributed by atoms with Gasteiger partial charge in [-0.05, 0) is 36.3 Å². The van der Waals surface area contributed by atoms with Crippen LogP contribution in [0.15, 0.2) is 59.3 Å². The lowest BCUT2D eigenvalue weighted by atomic mass is 9.86. The van der Waals surface area contributed by atoms with Gasteiger partial charge >= 0.3 is 5.97 Å². The molecule has 0 fully saturated rings. The second-order valence-corrected chi connectivity index (χ2v) is 9.20. The van der Waals surface area contributed by atoms with E-state index in [9.17, 15) is 24.9 Å². The van der Waals surface area contributed by atoms with Crippen molar-refractivity contribution in [3.8, 4) is 11.4 Å². The summed E-state index contributed by atoms with van der Waals surface area (Å²) in [5.41, 5.74) is 1.62. The number of ether oxygens (including phenoxy) is 3. The Morgan fingerprint density at radius 2 is 2.05 bits per heavy atom. The number of carbonyl (C=O) groups is 1. The highest BCUT2D eigenvalue weighted by molar-refractivity contribution is 5.89. The number of esters is 1. The summed E-state index contributed by atoms with van der Waals surface area (Å²) >= 11 is 0. The van der Waals surface area contributed by atoms with Crippen LogP contribution in [0.3, 0.4) is 0 Å². The quantitative estimate of drug-likeness (QED) is 0.217. The van der Waals surface area contributed by atoms with Gasteiger partial charge in [0.15, 0.2) is 11.4 Å². The minimum atomic E-state index is -1.90. The average molecular weight is 504 g/mol. The number of aromatic nitrogens is 2. The van der Waals surface area contributed by atoms with Gasteiger partial charge in [-0.2, -0.15) is 0 Å². The third-order valence-corrected chi connectivity index (χ3v) is 7.23. The molecular formula is C27H24N2O8. The van der Waals surface area contributed by atoms with Crippen molar-refractivity contribution in [2.75, 3.05) is 0 Å². The highest BCUT2D eigenvalue weighted by Crippen LogP contribution is 2.40. The maximum absolute atomic E-state index is 13.5. The van der Waals surface area contributed by atoms with Crippen LogP contribution in [0.1, 0.15) is 35.6 Å². The van der Waals surface area contributed by atoms with Crippen LogP contribution in [0.2, 0.25) is 0 Å². The fourth-order valence-corrected chi connectivity index (χ4v) is 5.17. The lowest BCUT2D eigenvalue weighted by Gasteiger charge is -2.31. The van der Waals surface area contributed by atoms with E-state index in [2.05, 4.69) is 0 Å². The molecule has 5 heterocycles. The molecule has 1 aromatic carbocycles. The third-order valence-electron chi connectivity index (χ3n) is 7.23. The van der Waals surface area contributed by atoms with Gasteiger partial charge in [0.25, 0.3) is 5.56 Å². The predicted octanol–water partition coefficient (Wildman–Crippen LogP) is 2.27. The van der Waals surface area contributed by atoms with Crippen molar-refractivity contribution in [2.45, 2.75) is 51.1 Å². The van der Waals surface area contributed by atoms with E-state index >= 15 is 0 Å². The first kappa shape index (κ1) is 23.4. The van der Waals surface area contributed by atoms with Crippen molar-refractivity contribution in [3.05, 3.63) is 87.1 Å². The second-order valence-electron chi connectivity index (χ2n) is 9.20. The maximum atomic E-state index is 13.5. The normalized spacial score (nSPS) is 24.9. The monoisotopic (exact) mass is 504 g/mol. The summed E-state index contributed by atoms with van der Waals surface area (Å²) < 4.78 is 18.2. The molecule has 10 nitrogen and oxygen atoms in total. The summed E-state index contributed by atoms with van der Waals surface area (Å²) in [6, 6.07) is 9.20. The maximum Gasteiger partial charge on any atom is 0.343 e. The molecule has 0 amide bonds. The van der Waals surface area contributed by atoms with Gasteiger partial charge in [-0.3, -0.25) is 4.79 Å². The molecule has 3 aliphatic rings. The molecule has 0 radical (unpaired) electrons. The Hall–Kier alpha value is -3.99. The molecular weight excluding hydrogens is 480 g/mol. The predicted molar refractivity (Wildman–Crippen MR) is 130 cm³/mol. The molecule has 3 N–H and O–H groups in total. The van der Waals surface area contributed by atoms with Crippen LogP contribution in [0.5, 0.6) is 0 Å². The zero-order chi connectivity index (χ0) is 25.9. The van der Waals surface area contributed by atoms with E-state index in [-0.39, 0.29) is 48.6 Å². The topological polar surface area (TPSA) is 140 Å². The van der Waals surface area contributed by atoms with Gasteiger partial charge in [0, 0.05) is 16.5 Å². The largest absolute Gasteiger partial charge is 0.512 e. The SMILES string of the molecule is CC[C@@]1(O)C(=O)OCc2c1cc1n(c2=O)Cc2c-1nc1ccccc1c2CO[C@@H]1C=C[C@H](O)/C(=C\O)O1. The minimum absolute atomic E-state index is 0.0259. The average Bonchev–Trinajstić information content (AvgIpc) is 3.28. The van der Waals surface area contributed by atoms with Gasteiger partial charge in [-0.1, -0.05) is 25.1 Å².